The normalized spacial score (nSPS) is 9.92. The number of carbonyl (C=O) groups excluding carboxylic acids is 1. The molecule has 0 unspecified atom stereocenters. The maximum absolute atomic E-state index is 11.2. The Hall–Kier alpha value is -0.570. The van der Waals surface area contributed by atoms with Crippen LogP contribution >= 0.6 is 0 Å². The summed E-state index contributed by atoms with van der Waals surface area (Å²) in [6.07, 6.45) is 1.66. The summed E-state index contributed by atoms with van der Waals surface area (Å²) < 4.78 is 0. The quantitative estimate of drug-likeness (QED) is 0.603. The van der Waals surface area contributed by atoms with Gasteiger partial charge in [-0.05, 0) is 26.9 Å². The molecule has 72 valence electrons. The molecule has 0 rings (SSSR count). The fourth-order valence-electron chi connectivity index (χ4n) is 1.13. The molecular weight excluding hydrogens is 152 g/mol. The van der Waals surface area contributed by atoms with Gasteiger partial charge in [-0.15, -0.1) is 0 Å². The number of hydrogen-bond donors (Lipinski definition) is 1. The van der Waals surface area contributed by atoms with Crippen LogP contribution in [0.1, 0.15) is 26.7 Å². The van der Waals surface area contributed by atoms with Gasteiger partial charge in [0, 0.05) is 19.5 Å². The van der Waals surface area contributed by atoms with Gasteiger partial charge in [-0.3, -0.25) is 4.79 Å². The van der Waals surface area contributed by atoms with E-state index in [9.17, 15) is 4.79 Å². The highest BCUT2D eigenvalue weighted by molar-refractivity contribution is 5.75. The van der Waals surface area contributed by atoms with E-state index >= 15 is 0 Å². The molecule has 0 heterocycles. The van der Waals surface area contributed by atoms with Gasteiger partial charge in [-0.25, -0.2) is 0 Å². The number of rotatable bonds is 6. The first-order valence-corrected chi connectivity index (χ1v) is 4.68. The largest absolute Gasteiger partial charge is 0.343 e. The second-order valence-electron chi connectivity index (χ2n) is 2.78. The topological polar surface area (TPSA) is 32.3 Å². The molecule has 0 bridgehead atoms. The van der Waals surface area contributed by atoms with E-state index in [0.29, 0.717) is 6.42 Å². The Morgan fingerprint density at radius 3 is 2.50 bits per heavy atom. The van der Waals surface area contributed by atoms with Gasteiger partial charge in [0.1, 0.15) is 0 Å². The molecule has 3 heteroatoms. The average molecular weight is 172 g/mol. The summed E-state index contributed by atoms with van der Waals surface area (Å²) in [4.78, 5) is 13.1. The lowest BCUT2D eigenvalue weighted by Crippen LogP contribution is -2.32. The number of amides is 1. The number of nitrogens with zero attached hydrogens (tertiary/aromatic N) is 1. The maximum atomic E-state index is 11.2. The van der Waals surface area contributed by atoms with Gasteiger partial charge in [0.05, 0.1) is 0 Å². The average Bonchev–Trinajstić information content (AvgIpc) is 2.11. The van der Waals surface area contributed by atoms with Crippen LogP contribution in [0.25, 0.3) is 0 Å². The second kappa shape index (κ2) is 7.10. The summed E-state index contributed by atoms with van der Waals surface area (Å²) in [6, 6.07) is 0. The molecule has 1 N–H and O–H groups in total. The third-order valence-corrected chi connectivity index (χ3v) is 1.89. The minimum Gasteiger partial charge on any atom is -0.343 e. The Morgan fingerprint density at radius 1 is 1.42 bits per heavy atom. The van der Waals surface area contributed by atoms with Gasteiger partial charge in [-0.1, -0.05) is 6.92 Å². The van der Waals surface area contributed by atoms with Crippen molar-refractivity contribution in [3.63, 3.8) is 0 Å². The fraction of sp³-hybridized carbons (Fsp3) is 0.889. The second-order valence-corrected chi connectivity index (χ2v) is 2.78. The van der Waals surface area contributed by atoms with Crippen molar-refractivity contribution in [2.45, 2.75) is 26.7 Å². The van der Waals surface area contributed by atoms with Crippen LogP contribution in [0.5, 0.6) is 0 Å². The Bertz CT molecular complexity index is 126. The van der Waals surface area contributed by atoms with E-state index in [1.165, 1.54) is 0 Å². The molecule has 0 saturated heterocycles. The van der Waals surface area contributed by atoms with Gasteiger partial charge in [0.25, 0.3) is 0 Å². The molecule has 3 nitrogen and oxygen atoms in total. The zero-order chi connectivity index (χ0) is 9.40. The molecule has 0 atom stereocenters. The van der Waals surface area contributed by atoms with Crippen molar-refractivity contribution in [1.29, 1.82) is 0 Å². The van der Waals surface area contributed by atoms with Crippen molar-refractivity contribution in [1.82, 2.24) is 10.2 Å². The van der Waals surface area contributed by atoms with Crippen LogP contribution in [-0.2, 0) is 4.79 Å². The highest BCUT2D eigenvalue weighted by Crippen LogP contribution is 1.94. The summed E-state index contributed by atoms with van der Waals surface area (Å²) in [7, 11) is 1.93. The van der Waals surface area contributed by atoms with Gasteiger partial charge in [0.2, 0.25) is 5.91 Å². The molecular formula is C9H20N2O. The molecule has 1 amide bonds. The highest BCUT2D eigenvalue weighted by Gasteiger charge is 2.07. The summed E-state index contributed by atoms with van der Waals surface area (Å²) in [5.41, 5.74) is 0. The molecule has 0 aromatic heterocycles. The van der Waals surface area contributed by atoms with Crippen LogP contribution in [0.2, 0.25) is 0 Å². The molecule has 0 spiro atoms. The summed E-state index contributed by atoms with van der Waals surface area (Å²) in [6.45, 7) is 6.61. The zero-order valence-corrected chi connectivity index (χ0v) is 8.39. The van der Waals surface area contributed by atoms with E-state index in [-0.39, 0.29) is 5.91 Å². The van der Waals surface area contributed by atoms with Crippen LogP contribution in [0, 0.1) is 0 Å². The SMILES string of the molecule is CCC(=O)N(CC)CCCNC. The van der Waals surface area contributed by atoms with Crippen molar-refractivity contribution < 1.29 is 4.79 Å². The lowest BCUT2D eigenvalue weighted by Gasteiger charge is -2.19. The van der Waals surface area contributed by atoms with Crippen LogP contribution in [-0.4, -0.2) is 37.5 Å². The molecule has 0 aliphatic heterocycles. The minimum atomic E-state index is 0.258. The third-order valence-electron chi connectivity index (χ3n) is 1.89. The Kier molecular flexibility index (Phi) is 6.76. The fourth-order valence-corrected chi connectivity index (χ4v) is 1.13. The van der Waals surface area contributed by atoms with E-state index in [2.05, 4.69) is 5.32 Å². The van der Waals surface area contributed by atoms with E-state index in [4.69, 9.17) is 0 Å². The Morgan fingerprint density at radius 2 is 2.08 bits per heavy atom. The van der Waals surface area contributed by atoms with Gasteiger partial charge in [0.15, 0.2) is 0 Å². The van der Waals surface area contributed by atoms with Crippen molar-refractivity contribution in [3.05, 3.63) is 0 Å². The summed E-state index contributed by atoms with van der Waals surface area (Å²) in [5, 5.41) is 3.07. The summed E-state index contributed by atoms with van der Waals surface area (Å²) in [5.74, 6) is 0.258. The number of nitrogens with one attached hydrogen (secondary N) is 1. The number of hydrogen-bond acceptors (Lipinski definition) is 2. The molecule has 0 fully saturated rings. The van der Waals surface area contributed by atoms with E-state index in [1.807, 2.05) is 25.8 Å². The lowest BCUT2D eigenvalue weighted by atomic mass is 10.3. The zero-order valence-electron chi connectivity index (χ0n) is 8.39. The maximum Gasteiger partial charge on any atom is 0.222 e. The first-order chi connectivity index (χ1) is 5.76. The minimum absolute atomic E-state index is 0.258. The van der Waals surface area contributed by atoms with Crippen LogP contribution in [0.4, 0.5) is 0 Å². The van der Waals surface area contributed by atoms with E-state index in [0.717, 1.165) is 26.1 Å². The first-order valence-electron chi connectivity index (χ1n) is 4.68. The van der Waals surface area contributed by atoms with E-state index in [1.54, 1.807) is 0 Å². The van der Waals surface area contributed by atoms with Crippen LogP contribution in [0.3, 0.4) is 0 Å². The van der Waals surface area contributed by atoms with E-state index < -0.39 is 0 Å². The highest BCUT2D eigenvalue weighted by atomic mass is 16.2. The molecule has 0 aromatic rings. The first kappa shape index (κ1) is 11.4. The smallest absolute Gasteiger partial charge is 0.222 e. The lowest BCUT2D eigenvalue weighted by molar-refractivity contribution is -0.130. The van der Waals surface area contributed by atoms with Gasteiger partial charge in [-0.2, -0.15) is 0 Å². The van der Waals surface area contributed by atoms with Crippen molar-refractivity contribution >= 4 is 5.91 Å². The van der Waals surface area contributed by atoms with Gasteiger partial charge >= 0.3 is 0 Å². The monoisotopic (exact) mass is 172 g/mol. The van der Waals surface area contributed by atoms with Crippen LogP contribution in [0.15, 0.2) is 0 Å². The third kappa shape index (κ3) is 4.34. The Balaban J connectivity index is 3.60. The van der Waals surface area contributed by atoms with Crippen molar-refractivity contribution in [2.75, 3.05) is 26.7 Å². The number of carbonyl (C=O) groups is 1. The molecule has 0 aliphatic rings. The standard InChI is InChI=1S/C9H20N2O/c1-4-9(12)11(5-2)8-6-7-10-3/h10H,4-8H2,1-3H3. The summed E-state index contributed by atoms with van der Waals surface area (Å²) >= 11 is 0. The molecule has 12 heavy (non-hydrogen) atoms. The Labute approximate surface area is 75.1 Å². The predicted octanol–water partition coefficient (Wildman–Crippen LogP) is 0.854. The van der Waals surface area contributed by atoms with Crippen LogP contribution < -0.4 is 5.32 Å². The predicted molar refractivity (Wildman–Crippen MR) is 51.1 cm³/mol. The molecule has 0 aliphatic carbocycles. The van der Waals surface area contributed by atoms with Crippen molar-refractivity contribution in [2.24, 2.45) is 0 Å². The van der Waals surface area contributed by atoms with Crippen molar-refractivity contribution in [3.8, 4) is 0 Å². The molecule has 0 aromatic carbocycles. The molecule has 0 radical (unpaired) electrons. The molecule has 0 saturated carbocycles. The van der Waals surface area contributed by atoms with Gasteiger partial charge < -0.3 is 10.2 Å².